The van der Waals surface area contributed by atoms with Gasteiger partial charge >= 0.3 is 0 Å². The van der Waals surface area contributed by atoms with Crippen LogP contribution in [0.2, 0.25) is 0 Å². The third-order valence-corrected chi connectivity index (χ3v) is 6.44. The molecule has 0 unspecified atom stereocenters. The molecule has 2 aromatic rings. The number of aryl methyl sites for hydroxylation is 2. The quantitative estimate of drug-likeness (QED) is 0.783. The zero-order chi connectivity index (χ0) is 18.2. The van der Waals surface area contributed by atoms with Gasteiger partial charge in [-0.3, -0.25) is 5.10 Å². The number of H-pyrrole nitrogens is 1. The highest BCUT2D eigenvalue weighted by Crippen LogP contribution is 2.49. The van der Waals surface area contributed by atoms with Crippen LogP contribution < -0.4 is 14.2 Å². The molecule has 136 valence electrons. The zero-order valence-corrected chi connectivity index (χ0v) is 15.7. The maximum atomic E-state index is 12.6. The van der Waals surface area contributed by atoms with Crippen molar-refractivity contribution in [3.8, 4) is 11.5 Å². The van der Waals surface area contributed by atoms with Gasteiger partial charge in [0.1, 0.15) is 4.90 Å². The van der Waals surface area contributed by atoms with Gasteiger partial charge in [0.25, 0.3) is 0 Å². The standard InChI is InChI=1S/C17H23N3O4S/c1-11-16(12(2)20-19-11)25(21,22)18-10-17(7-8-17)13-5-6-14(23-3)15(9-13)24-4/h5-6,9,18H,7-8,10H2,1-4H3,(H,19,20). The Hall–Kier alpha value is -2.06. The van der Waals surface area contributed by atoms with Crippen molar-refractivity contribution in [3.63, 3.8) is 0 Å². The summed E-state index contributed by atoms with van der Waals surface area (Å²) in [7, 11) is -0.425. The fraction of sp³-hybridized carbons (Fsp3) is 0.471. The fourth-order valence-electron chi connectivity index (χ4n) is 3.13. The average Bonchev–Trinajstić information content (AvgIpc) is 3.31. The molecule has 1 fully saturated rings. The zero-order valence-electron chi connectivity index (χ0n) is 14.8. The molecule has 1 aliphatic rings. The summed E-state index contributed by atoms with van der Waals surface area (Å²) in [5.41, 5.74) is 1.87. The van der Waals surface area contributed by atoms with Gasteiger partial charge in [-0.05, 0) is 44.4 Å². The van der Waals surface area contributed by atoms with Gasteiger partial charge in [-0.25, -0.2) is 13.1 Å². The fourth-order valence-corrected chi connectivity index (χ4v) is 4.62. The van der Waals surface area contributed by atoms with Gasteiger partial charge < -0.3 is 9.47 Å². The average molecular weight is 365 g/mol. The van der Waals surface area contributed by atoms with Crippen LogP contribution in [0.15, 0.2) is 23.1 Å². The maximum absolute atomic E-state index is 12.6. The van der Waals surface area contributed by atoms with Gasteiger partial charge in [-0.2, -0.15) is 5.10 Å². The van der Waals surface area contributed by atoms with Crippen LogP contribution in [0.1, 0.15) is 29.8 Å². The van der Waals surface area contributed by atoms with E-state index < -0.39 is 10.0 Å². The molecule has 2 N–H and O–H groups in total. The number of hydrogen-bond donors (Lipinski definition) is 2. The van der Waals surface area contributed by atoms with Gasteiger partial charge in [-0.15, -0.1) is 0 Å². The summed E-state index contributed by atoms with van der Waals surface area (Å²) in [6, 6.07) is 5.75. The normalized spacial score (nSPS) is 15.8. The molecule has 0 amide bonds. The Morgan fingerprint density at radius 2 is 1.88 bits per heavy atom. The Morgan fingerprint density at radius 1 is 1.20 bits per heavy atom. The van der Waals surface area contributed by atoms with Gasteiger partial charge in [-0.1, -0.05) is 6.07 Å². The summed E-state index contributed by atoms with van der Waals surface area (Å²) in [6.45, 7) is 3.73. The lowest BCUT2D eigenvalue weighted by Crippen LogP contribution is -2.32. The van der Waals surface area contributed by atoms with E-state index in [1.54, 1.807) is 28.1 Å². The topological polar surface area (TPSA) is 93.3 Å². The number of methoxy groups -OCH3 is 2. The number of benzene rings is 1. The molecule has 1 aliphatic carbocycles. The number of aromatic nitrogens is 2. The minimum absolute atomic E-state index is 0.196. The first-order valence-electron chi connectivity index (χ1n) is 8.07. The number of rotatable bonds is 7. The van der Waals surface area contributed by atoms with E-state index in [2.05, 4.69) is 14.9 Å². The highest BCUT2D eigenvalue weighted by Gasteiger charge is 2.45. The Kier molecular flexibility index (Phi) is 4.51. The summed E-state index contributed by atoms with van der Waals surface area (Å²) in [5, 5.41) is 6.68. The van der Waals surface area contributed by atoms with Crippen molar-refractivity contribution in [3.05, 3.63) is 35.2 Å². The molecule has 0 aliphatic heterocycles. The van der Waals surface area contributed by atoms with E-state index in [0.29, 0.717) is 29.4 Å². The van der Waals surface area contributed by atoms with Crippen LogP contribution >= 0.6 is 0 Å². The monoisotopic (exact) mass is 365 g/mol. The smallest absolute Gasteiger partial charge is 0.244 e. The number of hydrogen-bond acceptors (Lipinski definition) is 5. The molecule has 0 spiro atoms. The highest BCUT2D eigenvalue weighted by molar-refractivity contribution is 7.89. The maximum Gasteiger partial charge on any atom is 0.244 e. The van der Waals surface area contributed by atoms with E-state index in [4.69, 9.17) is 9.47 Å². The molecule has 8 heteroatoms. The second kappa shape index (κ2) is 6.34. The predicted octanol–water partition coefficient (Wildman–Crippen LogP) is 2.05. The first kappa shape index (κ1) is 17.8. The Labute approximate surface area is 147 Å². The highest BCUT2D eigenvalue weighted by atomic mass is 32.2. The molecule has 1 aromatic carbocycles. The lowest BCUT2D eigenvalue weighted by molar-refractivity contribution is 0.354. The third kappa shape index (κ3) is 3.23. The molecule has 3 rings (SSSR count). The molecule has 1 saturated carbocycles. The molecule has 1 aromatic heterocycles. The Morgan fingerprint density at radius 3 is 2.40 bits per heavy atom. The van der Waals surface area contributed by atoms with Crippen LogP contribution in [-0.4, -0.2) is 39.4 Å². The van der Waals surface area contributed by atoms with Crippen LogP contribution in [0.4, 0.5) is 0 Å². The van der Waals surface area contributed by atoms with Crippen molar-refractivity contribution < 1.29 is 17.9 Å². The number of nitrogens with one attached hydrogen (secondary N) is 2. The molecular weight excluding hydrogens is 342 g/mol. The number of ether oxygens (including phenoxy) is 2. The van der Waals surface area contributed by atoms with E-state index in [0.717, 1.165) is 18.4 Å². The first-order valence-corrected chi connectivity index (χ1v) is 9.55. The van der Waals surface area contributed by atoms with Crippen LogP contribution in [0.25, 0.3) is 0 Å². The van der Waals surface area contributed by atoms with Crippen molar-refractivity contribution in [2.24, 2.45) is 0 Å². The van der Waals surface area contributed by atoms with Crippen molar-refractivity contribution in [1.29, 1.82) is 0 Å². The summed E-state index contributed by atoms with van der Waals surface area (Å²) < 4.78 is 38.7. The molecule has 1 heterocycles. The predicted molar refractivity (Wildman–Crippen MR) is 93.7 cm³/mol. The first-order chi connectivity index (χ1) is 11.8. The third-order valence-electron chi connectivity index (χ3n) is 4.78. The Balaban J connectivity index is 1.81. The van der Waals surface area contributed by atoms with E-state index in [1.807, 2.05) is 18.2 Å². The Bertz CT molecular complexity index is 866. The summed E-state index contributed by atoms with van der Waals surface area (Å²) in [4.78, 5) is 0.232. The molecule has 0 radical (unpaired) electrons. The van der Waals surface area contributed by atoms with Crippen LogP contribution in [0, 0.1) is 13.8 Å². The minimum atomic E-state index is -3.61. The van der Waals surface area contributed by atoms with Crippen LogP contribution in [-0.2, 0) is 15.4 Å². The largest absolute Gasteiger partial charge is 0.493 e. The summed E-state index contributed by atoms with van der Waals surface area (Å²) in [6.07, 6.45) is 1.85. The molecule has 7 nitrogen and oxygen atoms in total. The van der Waals surface area contributed by atoms with Crippen LogP contribution in [0.3, 0.4) is 0 Å². The van der Waals surface area contributed by atoms with Crippen molar-refractivity contribution in [2.45, 2.75) is 37.0 Å². The molecule has 0 saturated heterocycles. The summed E-state index contributed by atoms with van der Waals surface area (Å²) >= 11 is 0. The minimum Gasteiger partial charge on any atom is -0.493 e. The van der Waals surface area contributed by atoms with Crippen molar-refractivity contribution in [1.82, 2.24) is 14.9 Å². The number of aromatic amines is 1. The van der Waals surface area contributed by atoms with E-state index in [-0.39, 0.29) is 10.3 Å². The van der Waals surface area contributed by atoms with Gasteiger partial charge in [0.2, 0.25) is 10.0 Å². The van der Waals surface area contributed by atoms with E-state index >= 15 is 0 Å². The van der Waals surface area contributed by atoms with Crippen LogP contribution in [0.5, 0.6) is 11.5 Å². The second-order valence-electron chi connectivity index (χ2n) is 6.44. The number of nitrogens with zero attached hydrogens (tertiary/aromatic N) is 1. The van der Waals surface area contributed by atoms with Gasteiger partial charge in [0.05, 0.1) is 25.6 Å². The van der Waals surface area contributed by atoms with E-state index in [1.165, 1.54) is 0 Å². The van der Waals surface area contributed by atoms with Crippen molar-refractivity contribution in [2.75, 3.05) is 20.8 Å². The molecule has 25 heavy (non-hydrogen) atoms. The number of sulfonamides is 1. The second-order valence-corrected chi connectivity index (χ2v) is 8.14. The van der Waals surface area contributed by atoms with Crippen molar-refractivity contribution >= 4 is 10.0 Å². The SMILES string of the molecule is COc1ccc(C2(CNS(=O)(=O)c3c(C)n[nH]c3C)CC2)cc1OC. The molecule has 0 atom stereocenters. The molecular formula is C17H23N3O4S. The lowest BCUT2D eigenvalue weighted by Gasteiger charge is -2.18. The van der Waals surface area contributed by atoms with Gasteiger partial charge in [0, 0.05) is 12.0 Å². The molecule has 0 bridgehead atoms. The van der Waals surface area contributed by atoms with Gasteiger partial charge in [0.15, 0.2) is 11.5 Å². The summed E-state index contributed by atoms with van der Waals surface area (Å²) in [5.74, 6) is 1.31. The lowest BCUT2D eigenvalue weighted by atomic mass is 9.96. The van der Waals surface area contributed by atoms with E-state index in [9.17, 15) is 8.42 Å².